The van der Waals surface area contributed by atoms with Crippen molar-refractivity contribution in [2.45, 2.75) is 0 Å². The van der Waals surface area contributed by atoms with Gasteiger partial charge in [0, 0.05) is 0 Å². The fourth-order valence-corrected chi connectivity index (χ4v) is 0.907. The first kappa shape index (κ1) is 9.99. The van der Waals surface area contributed by atoms with E-state index in [1.54, 1.807) is 24.3 Å². The van der Waals surface area contributed by atoms with Gasteiger partial charge in [-0.2, -0.15) is 0 Å². The molecule has 1 aromatic carbocycles. The summed E-state index contributed by atoms with van der Waals surface area (Å²) in [4.78, 5) is 16.9. The molecule has 0 radical (unpaired) electrons. The van der Waals surface area contributed by atoms with Crippen LogP contribution in [0.15, 0.2) is 42.4 Å². The molecule has 0 saturated heterocycles. The number of hydrogen-bond donors (Lipinski definition) is 2. The number of benzene rings is 1. The van der Waals surface area contributed by atoms with Gasteiger partial charge in [-0.05, 0) is 12.1 Å². The summed E-state index contributed by atoms with van der Waals surface area (Å²) in [6.45, 7) is 0. The SMILES string of the molecule is O=P(O)(O)C=COc1ccccc1. The Kier molecular flexibility index (Phi) is 3.25. The average Bonchev–Trinajstić information content (AvgIpc) is 2.04. The Labute approximate surface area is 75.6 Å². The van der Waals surface area contributed by atoms with Crippen molar-refractivity contribution in [3.63, 3.8) is 0 Å². The van der Waals surface area contributed by atoms with Crippen LogP contribution >= 0.6 is 7.60 Å². The van der Waals surface area contributed by atoms with Gasteiger partial charge < -0.3 is 14.5 Å². The fourth-order valence-electron chi connectivity index (χ4n) is 0.687. The first-order valence-corrected chi connectivity index (χ1v) is 5.21. The lowest BCUT2D eigenvalue weighted by molar-refractivity contribution is 0.384. The molecule has 0 aliphatic rings. The van der Waals surface area contributed by atoms with Crippen LogP contribution in [0.25, 0.3) is 0 Å². The zero-order valence-corrected chi connectivity index (χ0v) is 7.59. The van der Waals surface area contributed by atoms with Gasteiger partial charge in [0.15, 0.2) is 0 Å². The van der Waals surface area contributed by atoms with Crippen LogP contribution in [0.4, 0.5) is 0 Å². The highest BCUT2D eigenvalue weighted by Gasteiger charge is 2.05. The van der Waals surface area contributed by atoms with Gasteiger partial charge in [0.25, 0.3) is 0 Å². The van der Waals surface area contributed by atoms with Crippen LogP contribution in [0.2, 0.25) is 0 Å². The third kappa shape index (κ3) is 4.48. The first-order valence-electron chi connectivity index (χ1n) is 3.52. The predicted octanol–water partition coefficient (Wildman–Crippen LogP) is 1.71. The lowest BCUT2D eigenvalue weighted by Gasteiger charge is -1.98. The molecular formula is C8H9O4P. The molecular weight excluding hydrogens is 191 g/mol. The number of ether oxygens (including phenoxy) is 1. The van der Waals surface area contributed by atoms with E-state index >= 15 is 0 Å². The summed E-state index contributed by atoms with van der Waals surface area (Å²) in [7, 11) is -4.11. The van der Waals surface area contributed by atoms with Crippen molar-refractivity contribution in [2.75, 3.05) is 0 Å². The summed E-state index contributed by atoms with van der Waals surface area (Å²) >= 11 is 0. The smallest absolute Gasteiger partial charge is 0.352 e. The highest BCUT2D eigenvalue weighted by atomic mass is 31.2. The fraction of sp³-hybridized carbons (Fsp3) is 0. The normalized spacial score (nSPS) is 11.8. The van der Waals surface area contributed by atoms with E-state index in [-0.39, 0.29) is 0 Å². The second-order valence-electron chi connectivity index (χ2n) is 2.31. The molecule has 0 unspecified atom stereocenters. The summed E-state index contributed by atoms with van der Waals surface area (Å²) in [5, 5.41) is 0. The molecule has 2 N–H and O–H groups in total. The van der Waals surface area contributed by atoms with Gasteiger partial charge in [0.05, 0.1) is 12.1 Å². The van der Waals surface area contributed by atoms with Crippen molar-refractivity contribution in [1.29, 1.82) is 0 Å². The lowest BCUT2D eigenvalue weighted by Crippen LogP contribution is -1.80. The molecule has 4 nitrogen and oxygen atoms in total. The van der Waals surface area contributed by atoms with Gasteiger partial charge in [-0.3, -0.25) is 4.57 Å². The molecule has 1 rings (SSSR count). The minimum absolute atomic E-state index is 0.534. The Balaban J connectivity index is 2.54. The molecule has 0 atom stereocenters. The quantitative estimate of drug-likeness (QED) is 0.575. The minimum atomic E-state index is -4.11. The Morgan fingerprint density at radius 2 is 1.85 bits per heavy atom. The molecule has 0 aromatic heterocycles. The summed E-state index contributed by atoms with van der Waals surface area (Å²) in [6, 6.07) is 8.72. The van der Waals surface area contributed by atoms with Crippen LogP contribution in [0.1, 0.15) is 0 Å². The van der Waals surface area contributed by atoms with E-state index in [4.69, 9.17) is 14.5 Å². The lowest BCUT2D eigenvalue weighted by atomic mass is 10.3. The molecule has 1 aromatic rings. The maximum atomic E-state index is 10.3. The van der Waals surface area contributed by atoms with Crippen LogP contribution < -0.4 is 4.74 Å². The van der Waals surface area contributed by atoms with Crippen molar-refractivity contribution >= 4 is 7.60 Å². The molecule has 70 valence electrons. The molecule has 0 spiro atoms. The topological polar surface area (TPSA) is 66.8 Å². The van der Waals surface area contributed by atoms with Gasteiger partial charge >= 0.3 is 7.60 Å². The minimum Gasteiger partial charge on any atom is -0.465 e. The third-order valence-electron chi connectivity index (χ3n) is 1.20. The van der Waals surface area contributed by atoms with Crippen LogP contribution in [-0.2, 0) is 4.57 Å². The molecule has 0 bridgehead atoms. The highest BCUT2D eigenvalue weighted by molar-refractivity contribution is 7.55. The molecule has 0 saturated carbocycles. The van der Waals surface area contributed by atoms with Crippen molar-refractivity contribution in [3.05, 3.63) is 42.4 Å². The zero-order chi connectivity index (χ0) is 9.73. The van der Waals surface area contributed by atoms with Gasteiger partial charge in [0.1, 0.15) is 5.75 Å². The van der Waals surface area contributed by atoms with E-state index in [2.05, 4.69) is 0 Å². The van der Waals surface area contributed by atoms with Gasteiger partial charge in [-0.25, -0.2) is 0 Å². The third-order valence-corrected chi connectivity index (χ3v) is 1.71. The summed E-state index contributed by atoms with van der Waals surface area (Å²) in [5.74, 6) is 1.24. The number of rotatable bonds is 3. The van der Waals surface area contributed by atoms with E-state index in [0.29, 0.717) is 11.6 Å². The van der Waals surface area contributed by atoms with E-state index in [1.807, 2.05) is 6.07 Å². The average molecular weight is 200 g/mol. The van der Waals surface area contributed by atoms with Crippen molar-refractivity contribution in [2.24, 2.45) is 0 Å². The van der Waals surface area contributed by atoms with Crippen LogP contribution in [0, 0.1) is 0 Å². The predicted molar refractivity (Wildman–Crippen MR) is 48.3 cm³/mol. The monoisotopic (exact) mass is 200 g/mol. The molecule has 0 aliphatic carbocycles. The maximum absolute atomic E-state index is 10.3. The number of hydrogen-bond acceptors (Lipinski definition) is 2. The Hall–Kier alpha value is -1.09. The van der Waals surface area contributed by atoms with Crippen molar-refractivity contribution < 1.29 is 19.1 Å². The van der Waals surface area contributed by atoms with Gasteiger partial charge in [-0.1, -0.05) is 18.2 Å². The second kappa shape index (κ2) is 4.23. The molecule has 0 aliphatic heterocycles. The Morgan fingerprint density at radius 3 is 2.38 bits per heavy atom. The largest absolute Gasteiger partial charge is 0.465 e. The van der Waals surface area contributed by atoms with Crippen molar-refractivity contribution in [1.82, 2.24) is 0 Å². The Morgan fingerprint density at radius 1 is 1.23 bits per heavy atom. The second-order valence-corrected chi connectivity index (χ2v) is 3.78. The highest BCUT2D eigenvalue weighted by Crippen LogP contribution is 2.35. The molecule has 0 amide bonds. The maximum Gasteiger partial charge on any atom is 0.352 e. The van der Waals surface area contributed by atoms with Gasteiger partial charge in [-0.15, -0.1) is 0 Å². The first-order chi connectivity index (χ1) is 6.08. The zero-order valence-electron chi connectivity index (χ0n) is 6.70. The van der Waals surface area contributed by atoms with Crippen molar-refractivity contribution in [3.8, 4) is 5.75 Å². The summed E-state index contributed by atoms with van der Waals surface area (Å²) in [6.07, 6.45) is 0.982. The molecule has 0 fully saturated rings. The molecule has 13 heavy (non-hydrogen) atoms. The Bertz CT molecular complexity index is 327. The van der Waals surface area contributed by atoms with Gasteiger partial charge in [0.2, 0.25) is 0 Å². The van der Waals surface area contributed by atoms with Crippen LogP contribution in [0.5, 0.6) is 5.75 Å². The summed E-state index contributed by atoms with van der Waals surface area (Å²) in [5.41, 5.74) is 0. The van der Waals surface area contributed by atoms with E-state index in [0.717, 1.165) is 6.26 Å². The summed E-state index contributed by atoms with van der Waals surface area (Å²) < 4.78 is 15.3. The van der Waals surface area contributed by atoms with E-state index in [9.17, 15) is 4.57 Å². The molecule has 0 heterocycles. The standard InChI is InChI=1S/C8H9O4P/c9-13(10,11)7-6-12-8-4-2-1-3-5-8/h1-7H,(H2,9,10,11). The number of para-hydroxylation sites is 1. The van der Waals surface area contributed by atoms with E-state index < -0.39 is 7.60 Å². The van der Waals surface area contributed by atoms with E-state index in [1.165, 1.54) is 0 Å². The molecule has 5 heteroatoms. The van der Waals surface area contributed by atoms with Crippen LogP contribution in [-0.4, -0.2) is 9.79 Å². The van der Waals surface area contributed by atoms with Crippen LogP contribution in [0.3, 0.4) is 0 Å².